The van der Waals surface area contributed by atoms with Crippen LogP contribution in [-0.2, 0) is 0 Å². The number of pyridine rings is 1. The number of fused-ring (bicyclic) bond motifs is 3. The number of rotatable bonds is 9. The van der Waals surface area contributed by atoms with E-state index in [1.54, 1.807) is 13.3 Å². The van der Waals surface area contributed by atoms with Crippen LogP contribution in [0.1, 0.15) is 76.2 Å². The van der Waals surface area contributed by atoms with Gasteiger partial charge in [-0.3, -0.25) is 4.57 Å². The molecule has 0 aliphatic carbocycles. The first-order chi connectivity index (χ1) is 23.2. The van der Waals surface area contributed by atoms with E-state index in [-0.39, 0.29) is 11.8 Å². The molecule has 0 radical (unpaired) electrons. The molecule has 6 nitrogen and oxygen atoms in total. The highest BCUT2D eigenvalue weighted by Crippen LogP contribution is 2.40. The zero-order valence-corrected chi connectivity index (χ0v) is 28.7. The summed E-state index contributed by atoms with van der Waals surface area (Å²) in [5, 5.41) is 7.58. The Kier molecular flexibility index (Phi) is 8.26. The van der Waals surface area contributed by atoms with Crippen LogP contribution in [0.2, 0.25) is 0 Å². The van der Waals surface area contributed by atoms with E-state index in [4.69, 9.17) is 19.6 Å². The minimum absolute atomic E-state index is 0.252. The standard InChI is InChI=1S/C42H42N4O2/c1-26(2)30-21-31(46-42(28(5)6)40(41(44-46)27(3)4)29-13-9-8-10-14-29)23-34(22-30)48-33-17-18-36-35-15-11-12-16-37(35)45(38(36)24-33)39-25-32(47-7)19-20-43-39/h8-28H,1-7H3. The molecular weight excluding hydrogens is 592 g/mol. The fraction of sp³-hybridized carbons (Fsp3) is 0.238. The first-order valence-electron chi connectivity index (χ1n) is 16.8. The molecule has 0 unspecified atom stereocenters. The van der Waals surface area contributed by atoms with Crippen molar-refractivity contribution in [2.75, 3.05) is 7.11 Å². The third-order valence-corrected chi connectivity index (χ3v) is 8.99. The van der Waals surface area contributed by atoms with Gasteiger partial charge in [-0.1, -0.05) is 90.1 Å². The van der Waals surface area contributed by atoms with Gasteiger partial charge in [-0.25, -0.2) is 9.67 Å². The molecule has 7 aromatic rings. The van der Waals surface area contributed by atoms with Gasteiger partial charge in [0.1, 0.15) is 23.1 Å². The van der Waals surface area contributed by atoms with Gasteiger partial charge in [-0.2, -0.15) is 5.10 Å². The molecule has 6 heteroatoms. The third-order valence-electron chi connectivity index (χ3n) is 8.99. The number of hydrogen-bond donors (Lipinski definition) is 0. The lowest BCUT2D eigenvalue weighted by molar-refractivity contribution is 0.414. The molecule has 3 aromatic heterocycles. The molecule has 0 saturated heterocycles. The van der Waals surface area contributed by atoms with Crippen molar-refractivity contribution in [2.45, 2.75) is 59.3 Å². The van der Waals surface area contributed by atoms with Crippen LogP contribution in [0.25, 0.3) is 44.4 Å². The predicted octanol–water partition coefficient (Wildman–Crippen LogP) is 11.2. The molecule has 48 heavy (non-hydrogen) atoms. The number of nitrogens with zero attached hydrogens (tertiary/aromatic N) is 4. The van der Waals surface area contributed by atoms with Gasteiger partial charge < -0.3 is 9.47 Å². The third kappa shape index (κ3) is 5.62. The molecule has 0 N–H and O–H groups in total. The summed E-state index contributed by atoms with van der Waals surface area (Å²) in [7, 11) is 1.68. The Morgan fingerprint density at radius 1 is 0.625 bits per heavy atom. The quantitative estimate of drug-likeness (QED) is 0.159. The van der Waals surface area contributed by atoms with Crippen molar-refractivity contribution >= 4 is 21.8 Å². The van der Waals surface area contributed by atoms with Crippen LogP contribution in [0, 0.1) is 0 Å². The second-order valence-electron chi connectivity index (χ2n) is 13.3. The van der Waals surface area contributed by atoms with Crippen LogP contribution in [-0.4, -0.2) is 26.4 Å². The van der Waals surface area contributed by atoms with Crippen LogP contribution in [0.3, 0.4) is 0 Å². The molecule has 242 valence electrons. The largest absolute Gasteiger partial charge is 0.497 e. The molecule has 0 aliphatic rings. The summed E-state index contributed by atoms with van der Waals surface area (Å²) in [5.74, 6) is 3.88. The van der Waals surface area contributed by atoms with Crippen molar-refractivity contribution in [1.82, 2.24) is 19.3 Å². The number of hydrogen-bond acceptors (Lipinski definition) is 4. The van der Waals surface area contributed by atoms with Gasteiger partial charge in [0, 0.05) is 40.7 Å². The van der Waals surface area contributed by atoms with Gasteiger partial charge in [0.05, 0.1) is 35.2 Å². The Morgan fingerprint density at radius 3 is 2.10 bits per heavy atom. The van der Waals surface area contributed by atoms with Gasteiger partial charge in [0.25, 0.3) is 0 Å². The molecule has 0 bridgehead atoms. The van der Waals surface area contributed by atoms with Gasteiger partial charge >= 0.3 is 0 Å². The molecule has 0 aliphatic heterocycles. The molecule has 0 amide bonds. The maximum absolute atomic E-state index is 6.74. The summed E-state index contributed by atoms with van der Waals surface area (Å²) in [6, 6.07) is 35.7. The molecule has 4 aromatic carbocycles. The second-order valence-corrected chi connectivity index (χ2v) is 13.3. The maximum Gasteiger partial charge on any atom is 0.141 e. The Bertz CT molecular complexity index is 2240. The Hall–Kier alpha value is -5.36. The van der Waals surface area contributed by atoms with Crippen LogP contribution in [0.5, 0.6) is 17.2 Å². The summed E-state index contributed by atoms with van der Waals surface area (Å²) in [5.41, 5.74) is 9.00. The number of para-hydroxylation sites is 1. The highest BCUT2D eigenvalue weighted by molar-refractivity contribution is 6.09. The first-order valence-corrected chi connectivity index (χ1v) is 16.8. The topological polar surface area (TPSA) is 54.1 Å². The highest BCUT2D eigenvalue weighted by Gasteiger charge is 2.25. The lowest BCUT2D eigenvalue weighted by Crippen LogP contribution is -2.06. The van der Waals surface area contributed by atoms with Crippen LogP contribution in [0.4, 0.5) is 0 Å². The number of benzene rings is 4. The maximum atomic E-state index is 6.74. The Morgan fingerprint density at radius 2 is 1.38 bits per heavy atom. The van der Waals surface area contributed by atoms with E-state index in [1.807, 2.05) is 12.1 Å². The van der Waals surface area contributed by atoms with E-state index in [2.05, 4.69) is 142 Å². The average Bonchev–Trinajstić information content (AvgIpc) is 3.66. The van der Waals surface area contributed by atoms with Crippen molar-refractivity contribution in [3.05, 3.63) is 126 Å². The first kappa shape index (κ1) is 31.3. The van der Waals surface area contributed by atoms with Crippen LogP contribution < -0.4 is 9.47 Å². The summed E-state index contributed by atoms with van der Waals surface area (Å²) in [6.07, 6.45) is 1.78. The summed E-state index contributed by atoms with van der Waals surface area (Å²) < 4.78 is 16.6. The number of methoxy groups -OCH3 is 1. The molecule has 0 saturated carbocycles. The molecule has 0 atom stereocenters. The van der Waals surface area contributed by atoms with E-state index >= 15 is 0 Å². The number of ether oxygens (including phenoxy) is 2. The lowest BCUT2D eigenvalue weighted by Gasteiger charge is -2.17. The smallest absolute Gasteiger partial charge is 0.141 e. The summed E-state index contributed by atoms with van der Waals surface area (Å²) in [6.45, 7) is 13.4. The lowest BCUT2D eigenvalue weighted by atomic mass is 9.93. The van der Waals surface area contributed by atoms with E-state index in [0.717, 1.165) is 56.3 Å². The highest BCUT2D eigenvalue weighted by atomic mass is 16.5. The minimum Gasteiger partial charge on any atom is -0.497 e. The zero-order chi connectivity index (χ0) is 33.5. The van der Waals surface area contributed by atoms with E-state index in [1.165, 1.54) is 22.4 Å². The van der Waals surface area contributed by atoms with Crippen molar-refractivity contribution in [3.8, 4) is 39.9 Å². The molecule has 0 spiro atoms. The zero-order valence-electron chi connectivity index (χ0n) is 28.7. The predicted molar refractivity (Wildman–Crippen MR) is 196 cm³/mol. The van der Waals surface area contributed by atoms with Gasteiger partial charge in [-0.15, -0.1) is 0 Å². The van der Waals surface area contributed by atoms with Crippen molar-refractivity contribution in [3.63, 3.8) is 0 Å². The fourth-order valence-electron chi connectivity index (χ4n) is 6.65. The molecular formula is C42H42N4O2. The Balaban J connectivity index is 1.37. The van der Waals surface area contributed by atoms with E-state index in [9.17, 15) is 0 Å². The SMILES string of the molecule is COc1ccnc(-n2c3ccccc3c3ccc(Oc4cc(C(C)C)cc(-n5nc(C(C)C)c(-c6ccccc6)c5C(C)C)c4)cc32)c1. The molecule has 0 fully saturated rings. The van der Waals surface area contributed by atoms with Crippen molar-refractivity contribution in [1.29, 1.82) is 0 Å². The minimum atomic E-state index is 0.252. The van der Waals surface area contributed by atoms with Crippen LogP contribution >= 0.6 is 0 Å². The normalized spacial score (nSPS) is 11.8. The van der Waals surface area contributed by atoms with Crippen molar-refractivity contribution in [2.24, 2.45) is 0 Å². The average molecular weight is 635 g/mol. The number of aromatic nitrogens is 4. The summed E-state index contributed by atoms with van der Waals surface area (Å²) >= 11 is 0. The Labute approximate surface area is 282 Å². The second kappa shape index (κ2) is 12.7. The van der Waals surface area contributed by atoms with Gasteiger partial charge in [-0.05, 0) is 65.3 Å². The van der Waals surface area contributed by atoms with E-state index in [0.29, 0.717) is 5.92 Å². The van der Waals surface area contributed by atoms with Gasteiger partial charge in [0.2, 0.25) is 0 Å². The van der Waals surface area contributed by atoms with E-state index < -0.39 is 0 Å². The molecule has 7 rings (SSSR count). The van der Waals surface area contributed by atoms with Crippen LogP contribution in [0.15, 0.2) is 109 Å². The summed E-state index contributed by atoms with van der Waals surface area (Å²) in [4.78, 5) is 4.72. The van der Waals surface area contributed by atoms with Crippen molar-refractivity contribution < 1.29 is 9.47 Å². The van der Waals surface area contributed by atoms with Gasteiger partial charge in [0.15, 0.2) is 0 Å². The fourth-order valence-corrected chi connectivity index (χ4v) is 6.65. The monoisotopic (exact) mass is 634 g/mol. The molecule has 3 heterocycles.